The molecule has 0 aliphatic rings. The topological polar surface area (TPSA) is 73.0 Å². The predicted molar refractivity (Wildman–Crippen MR) is 86.4 cm³/mol. The summed E-state index contributed by atoms with van der Waals surface area (Å²) in [5.74, 6) is 0.302. The highest BCUT2D eigenvalue weighted by Gasteiger charge is 2.17. The standard InChI is InChI=1S/C17H18N4O2/c1-11-9-15(20-23-11)17(22)18-16-12(2)19-21(13(16)3)10-14-7-5-4-6-8-14/h4-9H,10H2,1-3H3,(H,18,22). The van der Waals surface area contributed by atoms with Crippen molar-refractivity contribution in [3.05, 3.63) is 64.8 Å². The molecule has 1 aromatic carbocycles. The Morgan fingerprint density at radius 1 is 1.22 bits per heavy atom. The Kier molecular flexibility index (Phi) is 3.97. The Bertz CT molecular complexity index is 834. The molecule has 1 N–H and O–H groups in total. The van der Waals surface area contributed by atoms with Crippen LogP contribution in [0.5, 0.6) is 0 Å². The SMILES string of the molecule is Cc1cc(C(=O)Nc2c(C)nn(Cc3ccccc3)c2C)no1. The number of hydrogen-bond acceptors (Lipinski definition) is 4. The highest BCUT2D eigenvalue weighted by Crippen LogP contribution is 2.21. The summed E-state index contributed by atoms with van der Waals surface area (Å²) in [7, 11) is 0. The molecule has 0 unspecified atom stereocenters. The van der Waals surface area contributed by atoms with E-state index in [-0.39, 0.29) is 11.6 Å². The molecule has 0 saturated heterocycles. The maximum Gasteiger partial charge on any atom is 0.277 e. The summed E-state index contributed by atoms with van der Waals surface area (Å²) >= 11 is 0. The second-order valence-corrected chi connectivity index (χ2v) is 5.47. The molecule has 6 heteroatoms. The van der Waals surface area contributed by atoms with Gasteiger partial charge in [0.2, 0.25) is 0 Å². The van der Waals surface area contributed by atoms with Crippen LogP contribution in [-0.4, -0.2) is 20.8 Å². The number of hydrogen-bond donors (Lipinski definition) is 1. The van der Waals surface area contributed by atoms with Crippen LogP contribution in [0.25, 0.3) is 0 Å². The van der Waals surface area contributed by atoms with Gasteiger partial charge in [-0.2, -0.15) is 5.10 Å². The molecule has 2 aromatic heterocycles. The third-order valence-electron chi connectivity index (χ3n) is 3.66. The van der Waals surface area contributed by atoms with Crippen LogP contribution in [0, 0.1) is 20.8 Å². The lowest BCUT2D eigenvalue weighted by molar-refractivity contribution is 0.101. The van der Waals surface area contributed by atoms with Crippen LogP contribution in [0.4, 0.5) is 5.69 Å². The zero-order chi connectivity index (χ0) is 16.4. The molecule has 118 valence electrons. The van der Waals surface area contributed by atoms with Crippen molar-refractivity contribution in [2.75, 3.05) is 5.32 Å². The second kappa shape index (κ2) is 6.08. The Balaban J connectivity index is 1.82. The fourth-order valence-electron chi connectivity index (χ4n) is 2.44. The van der Waals surface area contributed by atoms with Gasteiger partial charge in [0.25, 0.3) is 5.91 Å². The summed E-state index contributed by atoms with van der Waals surface area (Å²) < 4.78 is 6.82. The van der Waals surface area contributed by atoms with Gasteiger partial charge < -0.3 is 9.84 Å². The third kappa shape index (κ3) is 3.15. The van der Waals surface area contributed by atoms with Crippen LogP contribution in [0.15, 0.2) is 40.9 Å². The van der Waals surface area contributed by atoms with Crippen LogP contribution in [0.2, 0.25) is 0 Å². The van der Waals surface area contributed by atoms with Crippen molar-refractivity contribution in [1.29, 1.82) is 0 Å². The van der Waals surface area contributed by atoms with Gasteiger partial charge in [0.1, 0.15) is 5.76 Å². The van der Waals surface area contributed by atoms with Crippen molar-refractivity contribution >= 4 is 11.6 Å². The number of nitrogens with zero attached hydrogens (tertiary/aromatic N) is 3. The number of amides is 1. The first kappa shape index (κ1) is 15.0. The molecule has 0 radical (unpaired) electrons. The summed E-state index contributed by atoms with van der Waals surface area (Å²) in [6.45, 7) is 6.22. The molecule has 0 spiro atoms. The Hall–Kier alpha value is -2.89. The molecule has 0 aliphatic heterocycles. The van der Waals surface area contributed by atoms with Crippen LogP contribution >= 0.6 is 0 Å². The van der Waals surface area contributed by atoms with Crippen LogP contribution in [0.1, 0.15) is 33.2 Å². The molecule has 0 atom stereocenters. The van der Waals surface area contributed by atoms with Gasteiger partial charge in [-0.05, 0) is 26.3 Å². The summed E-state index contributed by atoms with van der Waals surface area (Å²) in [6.07, 6.45) is 0. The first-order chi connectivity index (χ1) is 11.0. The van der Waals surface area contributed by atoms with E-state index in [1.807, 2.05) is 48.9 Å². The van der Waals surface area contributed by atoms with Gasteiger partial charge in [0.05, 0.1) is 23.6 Å². The number of carbonyl (C=O) groups is 1. The van der Waals surface area contributed by atoms with E-state index in [4.69, 9.17) is 4.52 Å². The monoisotopic (exact) mass is 310 g/mol. The van der Waals surface area contributed by atoms with Gasteiger partial charge in [-0.1, -0.05) is 35.5 Å². The minimum Gasteiger partial charge on any atom is -0.361 e. The lowest BCUT2D eigenvalue weighted by Gasteiger charge is -2.06. The highest BCUT2D eigenvalue weighted by atomic mass is 16.5. The maximum atomic E-state index is 12.2. The minimum absolute atomic E-state index is 0.261. The molecule has 0 aliphatic carbocycles. The van der Waals surface area contributed by atoms with Gasteiger partial charge in [0.15, 0.2) is 5.69 Å². The van der Waals surface area contributed by atoms with E-state index in [1.165, 1.54) is 0 Å². The molecular formula is C17H18N4O2. The summed E-state index contributed by atoms with van der Waals surface area (Å²) in [5, 5.41) is 11.1. The van der Waals surface area contributed by atoms with Crippen LogP contribution in [-0.2, 0) is 6.54 Å². The number of aromatic nitrogens is 3. The molecule has 2 heterocycles. The van der Waals surface area contributed by atoms with Crippen molar-refractivity contribution in [3.63, 3.8) is 0 Å². The quantitative estimate of drug-likeness (QED) is 0.803. The molecule has 3 aromatic rings. The zero-order valence-corrected chi connectivity index (χ0v) is 13.3. The molecule has 3 rings (SSSR count). The maximum absolute atomic E-state index is 12.2. The fraction of sp³-hybridized carbons (Fsp3) is 0.235. The van der Waals surface area contributed by atoms with E-state index in [1.54, 1.807) is 13.0 Å². The van der Waals surface area contributed by atoms with E-state index < -0.39 is 0 Å². The van der Waals surface area contributed by atoms with Crippen molar-refractivity contribution < 1.29 is 9.32 Å². The number of anilines is 1. The minimum atomic E-state index is -0.299. The number of carbonyl (C=O) groups excluding carboxylic acids is 1. The number of benzene rings is 1. The van der Waals surface area contributed by atoms with Crippen molar-refractivity contribution in [2.24, 2.45) is 0 Å². The average Bonchev–Trinajstić information content (AvgIpc) is 3.08. The second-order valence-electron chi connectivity index (χ2n) is 5.47. The van der Waals surface area contributed by atoms with Crippen molar-refractivity contribution in [3.8, 4) is 0 Å². The Labute approximate surface area is 134 Å². The normalized spacial score (nSPS) is 10.7. The van der Waals surface area contributed by atoms with Gasteiger partial charge in [0, 0.05) is 6.07 Å². The van der Waals surface area contributed by atoms with Gasteiger partial charge in [-0.3, -0.25) is 9.48 Å². The molecule has 1 amide bonds. The van der Waals surface area contributed by atoms with Crippen molar-refractivity contribution in [1.82, 2.24) is 14.9 Å². The van der Waals surface area contributed by atoms with E-state index in [2.05, 4.69) is 15.6 Å². The number of nitrogens with one attached hydrogen (secondary N) is 1. The van der Waals surface area contributed by atoms with E-state index in [0.29, 0.717) is 18.0 Å². The summed E-state index contributed by atoms with van der Waals surface area (Å²) in [4.78, 5) is 12.2. The third-order valence-corrected chi connectivity index (χ3v) is 3.66. The molecular weight excluding hydrogens is 292 g/mol. The van der Waals surface area contributed by atoms with E-state index in [0.717, 1.165) is 17.0 Å². The van der Waals surface area contributed by atoms with Crippen LogP contribution in [0.3, 0.4) is 0 Å². The Morgan fingerprint density at radius 3 is 2.61 bits per heavy atom. The average molecular weight is 310 g/mol. The van der Waals surface area contributed by atoms with Crippen LogP contribution < -0.4 is 5.32 Å². The highest BCUT2D eigenvalue weighted by molar-refractivity contribution is 6.03. The Morgan fingerprint density at radius 2 is 1.96 bits per heavy atom. The van der Waals surface area contributed by atoms with Crippen molar-refractivity contribution in [2.45, 2.75) is 27.3 Å². The molecule has 6 nitrogen and oxygen atoms in total. The molecule has 0 fully saturated rings. The lowest BCUT2D eigenvalue weighted by atomic mass is 10.2. The molecule has 23 heavy (non-hydrogen) atoms. The first-order valence-electron chi connectivity index (χ1n) is 7.37. The largest absolute Gasteiger partial charge is 0.361 e. The van der Waals surface area contributed by atoms with E-state index >= 15 is 0 Å². The van der Waals surface area contributed by atoms with Gasteiger partial charge >= 0.3 is 0 Å². The summed E-state index contributed by atoms with van der Waals surface area (Å²) in [6, 6.07) is 11.7. The smallest absolute Gasteiger partial charge is 0.277 e. The fourth-order valence-corrected chi connectivity index (χ4v) is 2.44. The van der Waals surface area contributed by atoms with E-state index in [9.17, 15) is 4.79 Å². The van der Waals surface area contributed by atoms with Gasteiger partial charge in [-0.25, -0.2) is 0 Å². The number of aryl methyl sites for hydroxylation is 2. The van der Waals surface area contributed by atoms with Gasteiger partial charge in [-0.15, -0.1) is 0 Å². The molecule has 0 saturated carbocycles. The lowest BCUT2D eigenvalue weighted by Crippen LogP contribution is -2.13. The zero-order valence-electron chi connectivity index (χ0n) is 13.3. The summed E-state index contributed by atoms with van der Waals surface area (Å²) in [5.41, 5.74) is 3.80. The molecule has 0 bridgehead atoms. The number of rotatable bonds is 4. The first-order valence-corrected chi connectivity index (χ1v) is 7.37. The predicted octanol–water partition coefficient (Wildman–Crippen LogP) is 3.10.